The van der Waals surface area contributed by atoms with Gasteiger partial charge >= 0.3 is 6.03 Å². The van der Waals surface area contributed by atoms with Crippen LogP contribution in [0, 0.1) is 0 Å². The first-order chi connectivity index (χ1) is 15.1. The largest absolute Gasteiger partial charge is 0.376 e. The molecule has 1 aromatic carbocycles. The van der Waals surface area contributed by atoms with Gasteiger partial charge in [-0.25, -0.2) is 4.79 Å². The van der Waals surface area contributed by atoms with E-state index in [1.165, 1.54) is 5.56 Å². The maximum atomic E-state index is 12.8. The number of hydrogen-bond donors (Lipinski definition) is 2. The van der Waals surface area contributed by atoms with Gasteiger partial charge in [0.15, 0.2) is 0 Å². The summed E-state index contributed by atoms with van der Waals surface area (Å²) in [5.74, 6) is 0.484. The Morgan fingerprint density at radius 3 is 2.74 bits per heavy atom. The van der Waals surface area contributed by atoms with Crippen LogP contribution in [0.2, 0.25) is 0 Å². The van der Waals surface area contributed by atoms with E-state index in [-0.39, 0.29) is 30.7 Å². The van der Waals surface area contributed by atoms with Gasteiger partial charge in [0.2, 0.25) is 5.91 Å². The number of ether oxygens (including phenoxy) is 2. The van der Waals surface area contributed by atoms with Crippen molar-refractivity contribution >= 4 is 11.9 Å². The maximum absolute atomic E-state index is 12.8. The third kappa shape index (κ3) is 5.04. The van der Waals surface area contributed by atoms with E-state index in [1.54, 1.807) is 0 Å². The molecule has 1 aromatic rings. The number of urea groups is 1. The molecule has 1 aliphatic carbocycles. The van der Waals surface area contributed by atoms with Gasteiger partial charge in [-0.05, 0) is 56.9 Å². The minimum Gasteiger partial charge on any atom is -0.376 e. The quantitative estimate of drug-likeness (QED) is 0.754. The lowest BCUT2D eigenvalue weighted by Gasteiger charge is -2.51. The standard InChI is InChI=1S/C24H35N3O4/c1-2-25-23(29)27-14-6-13-24(17-30-16-22(28)26-24)21(27)15-31-20-11-9-19(10-12-20)18-7-4-3-5-8-18/h3-5,7-8,19-21H,2,6,9-17H2,1H3,(H,25,29)(H,26,28)/t19-,20+,21?,24?. The van der Waals surface area contributed by atoms with Crippen molar-refractivity contribution in [2.45, 2.75) is 69.1 Å². The highest BCUT2D eigenvalue weighted by molar-refractivity contribution is 5.80. The van der Waals surface area contributed by atoms with Crippen molar-refractivity contribution in [1.82, 2.24) is 15.5 Å². The first kappa shape index (κ1) is 22.1. The van der Waals surface area contributed by atoms with Crippen molar-refractivity contribution in [1.29, 1.82) is 0 Å². The van der Waals surface area contributed by atoms with Crippen molar-refractivity contribution in [3.8, 4) is 0 Å². The first-order valence-electron chi connectivity index (χ1n) is 11.7. The van der Waals surface area contributed by atoms with Crippen molar-refractivity contribution in [3.63, 3.8) is 0 Å². The summed E-state index contributed by atoms with van der Waals surface area (Å²) in [5.41, 5.74) is 0.844. The summed E-state index contributed by atoms with van der Waals surface area (Å²) in [6.45, 7) is 4.07. The maximum Gasteiger partial charge on any atom is 0.317 e. The molecule has 2 saturated heterocycles. The van der Waals surface area contributed by atoms with Crippen LogP contribution in [0.15, 0.2) is 30.3 Å². The number of piperidine rings is 1. The number of likely N-dealkylation sites (tertiary alicyclic amines) is 1. The highest BCUT2D eigenvalue weighted by Crippen LogP contribution is 2.35. The molecule has 0 bridgehead atoms. The fourth-order valence-electron chi connectivity index (χ4n) is 5.44. The van der Waals surface area contributed by atoms with Gasteiger partial charge in [0, 0.05) is 13.1 Å². The molecule has 170 valence electrons. The second-order valence-corrected chi connectivity index (χ2v) is 9.06. The third-order valence-electron chi connectivity index (χ3n) is 7.04. The highest BCUT2D eigenvalue weighted by atomic mass is 16.5. The van der Waals surface area contributed by atoms with Crippen molar-refractivity contribution < 1.29 is 19.1 Å². The summed E-state index contributed by atoms with van der Waals surface area (Å²) in [5, 5.41) is 6.08. The highest BCUT2D eigenvalue weighted by Gasteiger charge is 2.49. The summed E-state index contributed by atoms with van der Waals surface area (Å²) in [6, 6.07) is 10.4. The number of carbonyl (C=O) groups excluding carboxylic acids is 2. The van der Waals surface area contributed by atoms with E-state index in [2.05, 4.69) is 41.0 Å². The first-order valence-corrected chi connectivity index (χ1v) is 11.7. The lowest BCUT2D eigenvalue weighted by Crippen LogP contribution is -2.72. The molecule has 2 unspecified atom stereocenters. The van der Waals surface area contributed by atoms with Crippen LogP contribution < -0.4 is 10.6 Å². The molecule has 1 spiro atoms. The molecule has 1 saturated carbocycles. The Kier molecular flexibility index (Phi) is 7.13. The molecule has 3 amide bonds. The van der Waals surface area contributed by atoms with E-state index in [0.717, 1.165) is 38.5 Å². The van der Waals surface area contributed by atoms with Gasteiger partial charge in [-0.3, -0.25) is 4.79 Å². The number of rotatable bonds is 5. The van der Waals surface area contributed by atoms with Gasteiger partial charge in [0.25, 0.3) is 0 Å². The molecule has 2 N–H and O–H groups in total. The molecular weight excluding hydrogens is 394 g/mol. The Labute approximate surface area is 184 Å². The zero-order valence-electron chi connectivity index (χ0n) is 18.5. The van der Waals surface area contributed by atoms with Crippen molar-refractivity contribution in [3.05, 3.63) is 35.9 Å². The van der Waals surface area contributed by atoms with Crippen LogP contribution in [0.5, 0.6) is 0 Å². The van der Waals surface area contributed by atoms with Crippen LogP contribution in [-0.4, -0.2) is 67.4 Å². The number of nitrogens with one attached hydrogen (secondary N) is 2. The van der Waals surface area contributed by atoms with E-state index in [4.69, 9.17) is 9.47 Å². The van der Waals surface area contributed by atoms with E-state index < -0.39 is 5.54 Å². The Morgan fingerprint density at radius 2 is 2.03 bits per heavy atom. The SMILES string of the molecule is CCNC(=O)N1CCCC2(COCC(=O)N2)C1CO[C@H]1CC[C@@H](c2ccccc2)CC1. The monoisotopic (exact) mass is 429 g/mol. The van der Waals surface area contributed by atoms with E-state index in [9.17, 15) is 9.59 Å². The topological polar surface area (TPSA) is 79.9 Å². The minimum atomic E-state index is -0.570. The number of nitrogens with zero attached hydrogens (tertiary/aromatic N) is 1. The van der Waals surface area contributed by atoms with Crippen LogP contribution >= 0.6 is 0 Å². The van der Waals surface area contributed by atoms with Crippen LogP contribution in [0.4, 0.5) is 4.79 Å². The summed E-state index contributed by atoms with van der Waals surface area (Å²) < 4.78 is 12.0. The Hall–Kier alpha value is -2.12. The lowest BCUT2D eigenvalue weighted by molar-refractivity contribution is -0.143. The summed E-state index contributed by atoms with van der Waals surface area (Å²) in [7, 11) is 0. The predicted octanol–water partition coefficient (Wildman–Crippen LogP) is 2.81. The molecule has 7 heteroatoms. The molecule has 4 rings (SSSR count). The number of hydrogen-bond acceptors (Lipinski definition) is 4. The predicted molar refractivity (Wildman–Crippen MR) is 118 cm³/mol. The molecule has 31 heavy (non-hydrogen) atoms. The molecular formula is C24H35N3O4. The van der Waals surface area contributed by atoms with Gasteiger partial charge in [-0.1, -0.05) is 30.3 Å². The zero-order chi connectivity index (χ0) is 21.7. The number of benzene rings is 1. The average molecular weight is 430 g/mol. The third-order valence-corrected chi connectivity index (χ3v) is 7.04. The number of carbonyl (C=O) groups is 2. The Balaban J connectivity index is 1.40. The summed E-state index contributed by atoms with van der Waals surface area (Å²) in [6.07, 6.45) is 6.08. The fourth-order valence-corrected chi connectivity index (χ4v) is 5.44. The van der Waals surface area contributed by atoms with Gasteiger partial charge < -0.3 is 25.0 Å². The Bertz CT molecular complexity index is 746. The molecule has 7 nitrogen and oxygen atoms in total. The fraction of sp³-hybridized carbons (Fsp3) is 0.667. The van der Waals surface area contributed by atoms with Gasteiger partial charge in [0.1, 0.15) is 6.61 Å². The van der Waals surface area contributed by atoms with E-state index >= 15 is 0 Å². The van der Waals surface area contributed by atoms with E-state index in [0.29, 0.717) is 32.2 Å². The molecule has 0 radical (unpaired) electrons. The molecule has 3 aliphatic rings. The smallest absolute Gasteiger partial charge is 0.317 e. The van der Waals surface area contributed by atoms with Gasteiger partial charge in [-0.15, -0.1) is 0 Å². The molecule has 2 heterocycles. The summed E-state index contributed by atoms with van der Waals surface area (Å²) in [4.78, 5) is 26.8. The number of morpholine rings is 1. The van der Waals surface area contributed by atoms with Crippen molar-refractivity contribution in [2.24, 2.45) is 0 Å². The summed E-state index contributed by atoms with van der Waals surface area (Å²) >= 11 is 0. The molecule has 0 aromatic heterocycles. The van der Waals surface area contributed by atoms with Crippen LogP contribution in [0.3, 0.4) is 0 Å². The molecule has 2 atom stereocenters. The number of amides is 3. The van der Waals surface area contributed by atoms with Crippen LogP contribution in [-0.2, 0) is 14.3 Å². The van der Waals surface area contributed by atoms with E-state index in [1.807, 2.05) is 11.8 Å². The van der Waals surface area contributed by atoms with Crippen molar-refractivity contribution in [2.75, 3.05) is 32.9 Å². The average Bonchev–Trinajstić information content (AvgIpc) is 2.79. The normalized spacial score (nSPS) is 31.3. The second-order valence-electron chi connectivity index (χ2n) is 9.06. The van der Waals surface area contributed by atoms with Gasteiger partial charge in [0.05, 0.1) is 30.9 Å². The zero-order valence-corrected chi connectivity index (χ0v) is 18.5. The Morgan fingerprint density at radius 1 is 1.26 bits per heavy atom. The lowest BCUT2D eigenvalue weighted by atomic mass is 9.80. The molecule has 3 fully saturated rings. The molecule has 2 aliphatic heterocycles. The van der Waals surface area contributed by atoms with Crippen LogP contribution in [0.25, 0.3) is 0 Å². The minimum absolute atomic E-state index is 0.0833. The van der Waals surface area contributed by atoms with Crippen LogP contribution in [0.1, 0.15) is 56.9 Å². The second kappa shape index (κ2) is 10.0. The van der Waals surface area contributed by atoms with Gasteiger partial charge in [-0.2, -0.15) is 0 Å².